The summed E-state index contributed by atoms with van der Waals surface area (Å²) in [6.07, 6.45) is 6.94. The van der Waals surface area contributed by atoms with Crippen LogP contribution in [0.5, 0.6) is 5.75 Å². The van der Waals surface area contributed by atoms with Gasteiger partial charge in [0.05, 0.1) is 17.6 Å². The molecule has 0 saturated carbocycles. The lowest BCUT2D eigenvalue weighted by molar-refractivity contribution is 0.102. The SMILES string of the molecule is CC1(C)CCN(c2cc3c(cc2NC(=O)c2cnn4cccnc24)CC(C)(C)O3)C1. The van der Waals surface area contributed by atoms with E-state index in [0.29, 0.717) is 11.2 Å². The first-order valence-electron chi connectivity index (χ1n) is 10.4. The van der Waals surface area contributed by atoms with E-state index >= 15 is 0 Å². The molecule has 1 aromatic carbocycles. The normalized spacial score (nSPS) is 19.0. The summed E-state index contributed by atoms with van der Waals surface area (Å²) in [5.41, 5.74) is 3.95. The first kappa shape index (κ1) is 18.9. The van der Waals surface area contributed by atoms with Gasteiger partial charge in [0.2, 0.25) is 0 Å². The summed E-state index contributed by atoms with van der Waals surface area (Å²) in [6.45, 7) is 10.6. The van der Waals surface area contributed by atoms with Crippen LogP contribution in [-0.2, 0) is 6.42 Å². The highest BCUT2D eigenvalue weighted by atomic mass is 16.5. The van der Waals surface area contributed by atoms with E-state index in [1.807, 2.05) is 0 Å². The number of nitrogens with zero attached hydrogens (tertiary/aromatic N) is 4. The molecule has 4 heterocycles. The van der Waals surface area contributed by atoms with Crippen LogP contribution in [0.25, 0.3) is 5.65 Å². The highest BCUT2D eigenvalue weighted by Gasteiger charge is 2.35. The molecular formula is C23H27N5O2. The minimum atomic E-state index is -0.237. The molecule has 1 saturated heterocycles. The Hall–Kier alpha value is -3.09. The molecule has 2 aliphatic rings. The summed E-state index contributed by atoms with van der Waals surface area (Å²) in [5.74, 6) is 0.705. The van der Waals surface area contributed by atoms with E-state index in [2.05, 4.69) is 60.1 Å². The zero-order valence-electron chi connectivity index (χ0n) is 17.9. The zero-order chi connectivity index (χ0) is 21.1. The molecule has 2 aliphatic heterocycles. The number of nitrogens with one attached hydrogen (secondary N) is 1. The molecule has 0 spiro atoms. The predicted octanol–water partition coefficient (Wildman–Crippen LogP) is 3.93. The van der Waals surface area contributed by atoms with Gasteiger partial charge in [0.25, 0.3) is 5.91 Å². The molecule has 7 heteroatoms. The van der Waals surface area contributed by atoms with Gasteiger partial charge in [-0.15, -0.1) is 0 Å². The van der Waals surface area contributed by atoms with Crippen LogP contribution in [0.1, 0.15) is 50.0 Å². The van der Waals surface area contributed by atoms with Crippen molar-refractivity contribution in [2.75, 3.05) is 23.3 Å². The Morgan fingerprint density at radius 2 is 2.07 bits per heavy atom. The summed E-state index contributed by atoms with van der Waals surface area (Å²) in [5, 5.41) is 7.38. The van der Waals surface area contributed by atoms with Crippen molar-refractivity contribution in [3.8, 4) is 5.75 Å². The maximum absolute atomic E-state index is 13.2. The van der Waals surface area contributed by atoms with E-state index in [-0.39, 0.29) is 16.9 Å². The van der Waals surface area contributed by atoms with Gasteiger partial charge >= 0.3 is 0 Å². The topological polar surface area (TPSA) is 71.8 Å². The Morgan fingerprint density at radius 1 is 1.23 bits per heavy atom. The fourth-order valence-corrected chi connectivity index (χ4v) is 4.50. The molecule has 2 aromatic heterocycles. The number of benzene rings is 1. The Bertz CT molecular complexity index is 1150. The second-order valence-corrected chi connectivity index (χ2v) is 9.75. The highest BCUT2D eigenvalue weighted by Crippen LogP contribution is 2.44. The van der Waals surface area contributed by atoms with Crippen molar-refractivity contribution >= 4 is 22.9 Å². The van der Waals surface area contributed by atoms with Crippen LogP contribution in [0.4, 0.5) is 11.4 Å². The minimum Gasteiger partial charge on any atom is -0.487 e. The van der Waals surface area contributed by atoms with Crippen LogP contribution < -0.4 is 15.0 Å². The first-order chi connectivity index (χ1) is 14.2. The molecule has 3 aromatic rings. The quantitative estimate of drug-likeness (QED) is 0.715. The predicted molar refractivity (Wildman–Crippen MR) is 116 cm³/mol. The first-order valence-corrected chi connectivity index (χ1v) is 10.4. The van der Waals surface area contributed by atoms with Gasteiger partial charge in [0.15, 0.2) is 5.65 Å². The Labute approximate surface area is 176 Å². The molecule has 1 fully saturated rings. The maximum Gasteiger partial charge on any atom is 0.261 e. The molecule has 1 amide bonds. The van der Waals surface area contributed by atoms with E-state index in [4.69, 9.17) is 4.74 Å². The zero-order valence-corrected chi connectivity index (χ0v) is 17.9. The van der Waals surface area contributed by atoms with Crippen molar-refractivity contribution in [1.29, 1.82) is 0 Å². The van der Waals surface area contributed by atoms with Crippen LogP contribution >= 0.6 is 0 Å². The van der Waals surface area contributed by atoms with Gasteiger partial charge in [-0.2, -0.15) is 5.10 Å². The number of hydrogen-bond acceptors (Lipinski definition) is 5. The third-order valence-corrected chi connectivity index (χ3v) is 5.97. The summed E-state index contributed by atoms with van der Waals surface area (Å²) in [4.78, 5) is 19.8. The number of fused-ring (bicyclic) bond motifs is 2. The molecule has 30 heavy (non-hydrogen) atoms. The minimum absolute atomic E-state index is 0.207. The smallest absolute Gasteiger partial charge is 0.261 e. The molecular weight excluding hydrogens is 378 g/mol. The van der Waals surface area contributed by atoms with E-state index in [1.54, 1.807) is 29.2 Å². The Balaban J connectivity index is 1.53. The molecule has 5 rings (SSSR count). The Kier molecular flexibility index (Phi) is 4.07. The van der Waals surface area contributed by atoms with Crippen LogP contribution in [0.15, 0.2) is 36.8 Å². The van der Waals surface area contributed by atoms with Crippen molar-refractivity contribution in [2.45, 2.75) is 46.1 Å². The Morgan fingerprint density at radius 3 is 2.83 bits per heavy atom. The molecule has 0 aliphatic carbocycles. The van der Waals surface area contributed by atoms with Gasteiger partial charge in [-0.1, -0.05) is 13.8 Å². The van der Waals surface area contributed by atoms with E-state index in [1.165, 1.54) is 0 Å². The van der Waals surface area contributed by atoms with Crippen molar-refractivity contribution in [3.63, 3.8) is 0 Å². The second-order valence-electron chi connectivity index (χ2n) is 9.75. The van der Waals surface area contributed by atoms with Crippen molar-refractivity contribution < 1.29 is 9.53 Å². The van der Waals surface area contributed by atoms with Gasteiger partial charge < -0.3 is 15.0 Å². The third-order valence-electron chi connectivity index (χ3n) is 5.97. The lowest BCUT2D eigenvalue weighted by Gasteiger charge is -2.25. The molecule has 0 bridgehead atoms. The van der Waals surface area contributed by atoms with Crippen LogP contribution in [-0.4, -0.2) is 39.2 Å². The summed E-state index contributed by atoms with van der Waals surface area (Å²) >= 11 is 0. The fraction of sp³-hybridized carbons (Fsp3) is 0.435. The van der Waals surface area contributed by atoms with E-state index in [9.17, 15) is 4.79 Å². The summed E-state index contributed by atoms with van der Waals surface area (Å²) < 4.78 is 7.78. The number of rotatable bonds is 3. The van der Waals surface area contributed by atoms with Gasteiger partial charge in [-0.3, -0.25) is 4.79 Å². The average Bonchev–Trinajstić information content (AvgIpc) is 3.34. The van der Waals surface area contributed by atoms with Gasteiger partial charge in [-0.25, -0.2) is 9.50 Å². The average molecular weight is 406 g/mol. The molecule has 0 unspecified atom stereocenters. The van der Waals surface area contributed by atoms with Crippen molar-refractivity contribution in [2.24, 2.45) is 5.41 Å². The number of anilines is 2. The number of amides is 1. The number of ether oxygens (including phenoxy) is 1. The maximum atomic E-state index is 13.2. The number of carbonyl (C=O) groups excluding carboxylic acids is 1. The molecule has 0 atom stereocenters. The van der Waals surface area contributed by atoms with Gasteiger partial charge in [0.1, 0.15) is 16.9 Å². The number of hydrogen-bond donors (Lipinski definition) is 1. The standard InChI is InChI=1S/C23H27N5O2/c1-22(2)6-9-27(14-22)18-11-19-15(12-23(3,4)30-19)10-17(18)26-21(29)16-13-25-28-8-5-7-24-20(16)28/h5,7-8,10-11,13H,6,9,12,14H2,1-4H3,(H,26,29). The molecule has 1 N–H and O–H groups in total. The van der Waals surface area contributed by atoms with Gasteiger partial charge in [0, 0.05) is 43.5 Å². The van der Waals surface area contributed by atoms with Crippen molar-refractivity contribution in [1.82, 2.24) is 14.6 Å². The molecule has 7 nitrogen and oxygen atoms in total. The summed E-state index contributed by atoms with van der Waals surface area (Å²) in [6, 6.07) is 5.95. The number of carbonyl (C=O) groups is 1. The lowest BCUT2D eigenvalue weighted by Crippen LogP contribution is -2.25. The third kappa shape index (κ3) is 3.28. The lowest BCUT2D eigenvalue weighted by atomic mass is 9.93. The summed E-state index contributed by atoms with van der Waals surface area (Å²) in [7, 11) is 0. The van der Waals surface area contributed by atoms with Crippen LogP contribution in [0.3, 0.4) is 0 Å². The van der Waals surface area contributed by atoms with Crippen molar-refractivity contribution in [3.05, 3.63) is 47.9 Å². The van der Waals surface area contributed by atoms with E-state index < -0.39 is 0 Å². The van der Waals surface area contributed by atoms with Gasteiger partial charge in [-0.05, 0) is 37.8 Å². The monoisotopic (exact) mass is 405 g/mol. The molecule has 0 radical (unpaired) electrons. The van der Waals surface area contributed by atoms with Crippen LogP contribution in [0.2, 0.25) is 0 Å². The fourth-order valence-electron chi connectivity index (χ4n) is 4.50. The highest BCUT2D eigenvalue weighted by molar-refractivity contribution is 6.09. The second kappa shape index (κ2) is 6.45. The van der Waals surface area contributed by atoms with E-state index in [0.717, 1.165) is 48.6 Å². The van der Waals surface area contributed by atoms with Crippen LogP contribution in [0, 0.1) is 5.41 Å². The largest absolute Gasteiger partial charge is 0.487 e. The molecule has 156 valence electrons. The number of aromatic nitrogens is 3.